The zero-order valence-electron chi connectivity index (χ0n) is 16.7. The molecule has 0 radical (unpaired) electrons. The highest BCUT2D eigenvalue weighted by atomic mass is 32.2. The van der Waals surface area contributed by atoms with E-state index in [1.54, 1.807) is 18.7 Å². The average molecular weight is 413 g/mol. The first-order chi connectivity index (χ1) is 13.9. The van der Waals surface area contributed by atoms with Gasteiger partial charge in [0.05, 0.1) is 29.8 Å². The number of carbonyl (C=O) groups excluding carboxylic acids is 2. The Hall–Kier alpha value is -2.67. The monoisotopic (exact) mass is 412 g/mol. The van der Waals surface area contributed by atoms with Gasteiger partial charge in [0.2, 0.25) is 11.8 Å². The standard InChI is InChI=1S/C22H24N2O4S/c1-14(29-15-9-10-18-19(13-15)28-12-6-11-27-18)20(25)24-17-8-5-4-7-16(17)23-21(26)22(24,2)3/h4-5,7-10,13-14H,6,11-12H2,1-3H3,(H,23,26)/t14-/m0/s1. The van der Waals surface area contributed by atoms with Gasteiger partial charge < -0.3 is 14.8 Å². The van der Waals surface area contributed by atoms with Crippen LogP contribution in [0.3, 0.4) is 0 Å². The minimum atomic E-state index is -0.981. The molecule has 7 heteroatoms. The van der Waals surface area contributed by atoms with Gasteiger partial charge in [0, 0.05) is 11.3 Å². The number of hydrogen-bond donors (Lipinski definition) is 1. The van der Waals surface area contributed by atoms with Crippen molar-refractivity contribution in [1.29, 1.82) is 0 Å². The second-order valence-electron chi connectivity index (χ2n) is 7.62. The highest BCUT2D eigenvalue weighted by molar-refractivity contribution is 8.00. The molecular formula is C22H24N2O4S. The molecule has 2 aromatic carbocycles. The zero-order valence-corrected chi connectivity index (χ0v) is 17.5. The zero-order chi connectivity index (χ0) is 20.6. The highest BCUT2D eigenvalue weighted by Crippen LogP contribution is 2.40. The molecule has 2 heterocycles. The van der Waals surface area contributed by atoms with Gasteiger partial charge in [-0.3, -0.25) is 14.5 Å². The van der Waals surface area contributed by atoms with Gasteiger partial charge in [-0.05, 0) is 51.1 Å². The van der Waals surface area contributed by atoms with Crippen LogP contribution in [0.25, 0.3) is 0 Å². The lowest BCUT2D eigenvalue weighted by molar-refractivity contribution is -0.126. The molecule has 0 saturated heterocycles. The first kappa shape index (κ1) is 19.6. The number of para-hydroxylation sites is 2. The molecule has 152 valence electrons. The van der Waals surface area contributed by atoms with Gasteiger partial charge in [-0.2, -0.15) is 0 Å². The molecule has 0 unspecified atom stereocenters. The Morgan fingerprint density at radius 1 is 1.14 bits per heavy atom. The van der Waals surface area contributed by atoms with Crippen LogP contribution >= 0.6 is 11.8 Å². The molecule has 2 aliphatic heterocycles. The number of benzene rings is 2. The van der Waals surface area contributed by atoms with E-state index in [-0.39, 0.29) is 11.8 Å². The van der Waals surface area contributed by atoms with E-state index in [4.69, 9.17) is 9.47 Å². The predicted molar refractivity (Wildman–Crippen MR) is 114 cm³/mol. The van der Waals surface area contributed by atoms with Gasteiger partial charge in [-0.1, -0.05) is 12.1 Å². The largest absolute Gasteiger partial charge is 0.490 e. The van der Waals surface area contributed by atoms with Gasteiger partial charge in [-0.25, -0.2) is 0 Å². The van der Waals surface area contributed by atoms with E-state index in [1.165, 1.54) is 11.8 Å². The number of ether oxygens (including phenoxy) is 2. The molecule has 0 aliphatic carbocycles. The van der Waals surface area contributed by atoms with E-state index in [1.807, 2.05) is 49.4 Å². The third-order valence-corrected chi connectivity index (χ3v) is 6.19. The fourth-order valence-electron chi connectivity index (χ4n) is 3.50. The van der Waals surface area contributed by atoms with Crippen molar-refractivity contribution in [3.05, 3.63) is 42.5 Å². The second-order valence-corrected chi connectivity index (χ2v) is 9.04. The molecule has 2 amide bonds. The maximum Gasteiger partial charge on any atom is 0.250 e. The first-order valence-electron chi connectivity index (χ1n) is 9.69. The van der Waals surface area contributed by atoms with Crippen LogP contribution in [0, 0.1) is 0 Å². The summed E-state index contributed by atoms with van der Waals surface area (Å²) < 4.78 is 11.4. The van der Waals surface area contributed by atoms with E-state index in [0.29, 0.717) is 30.3 Å². The van der Waals surface area contributed by atoms with Crippen LogP contribution in [0.15, 0.2) is 47.4 Å². The fraction of sp³-hybridized carbons (Fsp3) is 0.364. The normalized spacial score (nSPS) is 18.3. The number of fused-ring (bicyclic) bond motifs is 2. The molecule has 2 aromatic rings. The number of anilines is 2. The maximum atomic E-state index is 13.4. The molecule has 2 aliphatic rings. The van der Waals surface area contributed by atoms with Crippen LogP contribution in [-0.4, -0.2) is 35.8 Å². The van der Waals surface area contributed by atoms with Gasteiger partial charge in [0.15, 0.2) is 11.5 Å². The summed E-state index contributed by atoms with van der Waals surface area (Å²) in [6.45, 7) is 6.65. The summed E-state index contributed by atoms with van der Waals surface area (Å²) in [5.41, 5.74) is 0.386. The second kappa shape index (κ2) is 7.63. The van der Waals surface area contributed by atoms with Crippen molar-refractivity contribution in [2.45, 2.75) is 42.9 Å². The van der Waals surface area contributed by atoms with Crippen LogP contribution < -0.4 is 19.7 Å². The van der Waals surface area contributed by atoms with E-state index >= 15 is 0 Å². The van der Waals surface area contributed by atoms with E-state index in [2.05, 4.69) is 5.32 Å². The van der Waals surface area contributed by atoms with Crippen LogP contribution in [0.4, 0.5) is 11.4 Å². The van der Waals surface area contributed by atoms with Gasteiger partial charge in [0.1, 0.15) is 5.54 Å². The molecule has 0 saturated carbocycles. The lowest BCUT2D eigenvalue weighted by atomic mass is 9.96. The Kier molecular flexibility index (Phi) is 5.17. The number of rotatable bonds is 3. The molecule has 29 heavy (non-hydrogen) atoms. The molecule has 4 rings (SSSR count). The van der Waals surface area contributed by atoms with Crippen molar-refractivity contribution in [2.75, 3.05) is 23.4 Å². The first-order valence-corrected chi connectivity index (χ1v) is 10.6. The Morgan fingerprint density at radius 2 is 1.86 bits per heavy atom. The quantitative estimate of drug-likeness (QED) is 0.769. The Bertz CT molecular complexity index is 960. The Morgan fingerprint density at radius 3 is 2.66 bits per heavy atom. The van der Waals surface area contributed by atoms with Crippen molar-refractivity contribution in [3.8, 4) is 11.5 Å². The topological polar surface area (TPSA) is 67.9 Å². The van der Waals surface area contributed by atoms with Crippen molar-refractivity contribution < 1.29 is 19.1 Å². The van der Waals surface area contributed by atoms with Crippen LogP contribution in [0.5, 0.6) is 11.5 Å². The fourth-order valence-corrected chi connectivity index (χ4v) is 4.44. The molecule has 0 aromatic heterocycles. The van der Waals surface area contributed by atoms with E-state index in [0.717, 1.165) is 17.1 Å². The van der Waals surface area contributed by atoms with E-state index in [9.17, 15) is 9.59 Å². The maximum absolute atomic E-state index is 13.4. The highest BCUT2D eigenvalue weighted by Gasteiger charge is 2.44. The van der Waals surface area contributed by atoms with E-state index < -0.39 is 10.8 Å². The number of amides is 2. The Balaban J connectivity index is 1.59. The summed E-state index contributed by atoms with van der Waals surface area (Å²) in [6, 6.07) is 13.1. The van der Waals surface area contributed by atoms with Gasteiger partial charge in [-0.15, -0.1) is 11.8 Å². The Labute approximate surface area is 174 Å². The van der Waals surface area contributed by atoms with Crippen molar-refractivity contribution in [1.82, 2.24) is 0 Å². The number of nitrogens with one attached hydrogen (secondary N) is 1. The molecule has 0 spiro atoms. The summed E-state index contributed by atoms with van der Waals surface area (Å²) in [6.07, 6.45) is 0.845. The summed E-state index contributed by atoms with van der Waals surface area (Å²) >= 11 is 1.44. The van der Waals surface area contributed by atoms with Crippen LogP contribution in [-0.2, 0) is 9.59 Å². The van der Waals surface area contributed by atoms with Gasteiger partial charge in [0.25, 0.3) is 0 Å². The third kappa shape index (κ3) is 3.67. The third-order valence-electron chi connectivity index (χ3n) is 5.11. The molecule has 1 N–H and O–H groups in total. The molecule has 1 atom stereocenters. The molecule has 0 bridgehead atoms. The number of carbonyl (C=O) groups is 2. The van der Waals surface area contributed by atoms with Crippen molar-refractivity contribution in [3.63, 3.8) is 0 Å². The number of thioether (sulfide) groups is 1. The summed E-state index contributed by atoms with van der Waals surface area (Å²) in [7, 11) is 0. The molecular weight excluding hydrogens is 388 g/mol. The van der Waals surface area contributed by atoms with Crippen molar-refractivity contribution in [2.24, 2.45) is 0 Å². The molecule has 0 fully saturated rings. The minimum Gasteiger partial charge on any atom is -0.490 e. The van der Waals surface area contributed by atoms with Crippen molar-refractivity contribution >= 4 is 35.0 Å². The summed E-state index contributed by atoms with van der Waals surface area (Å²) in [5.74, 6) is 1.12. The minimum absolute atomic E-state index is 0.116. The van der Waals surface area contributed by atoms with Crippen LogP contribution in [0.1, 0.15) is 27.2 Å². The SMILES string of the molecule is C[C@H](Sc1ccc2c(c1)OCCCO2)C(=O)N1c2ccccc2NC(=O)C1(C)C. The lowest BCUT2D eigenvalue weighted by Crippen LogP contribution is -2.60. The van der Waals surface area contributed by atoms with Gasteiger partial charge >= 0.3 is 0 Å². The summed E-state index contributed by atoms with van der Waals surface area (Å²) in [4.78, 5) is 28.6. The number of nitrogens with zero attached hydrogens (tertiary/aromatic N) is 1. The lowest BCUT2D eigenvalue weighted by Gasteiger charge is -2.43. The number of hydrogen-bond acceptors (Lipinski definition) is 5. The summed E-state index contributed by atoms with van der Waals surface area (Å²) in [5, 5.41) is 2.50. The molecule has 6 nitrogen and oxygen atoms in total. The average Bonchev–Trinajstić information content (AvgIpc) is 2.93. The smallest absolute Gasteiger partial charge is 0.250 e. The predicted octanol–water partition coefficient (Wildman–Crippen LogP) is 4.09. The van der Waals surface area contributed by atoms with Crippen LogP contribution in [0.2, 0.25) is 0 Å².